The van der Waals surface area contributed by atoms with E-state index in [9.17, 15) is 34.8 Å². The van der Waals surface area contributed by atoms with E-state index in [2.05, 4.69) is 4.98 Å². The number of phenols is 2. The number of anilines is 1. The van der Waals surface area contributed by atoms with E-state index in [1.54, 1.807) is 12.1 Å². The molecule has 0 fully saturated rings. The van der Waals surface area contributed by atoms with E-state index in [1.165, 1.54) is 48.8 Å². The smallest absolute Gasteiger partial charge is 0.323 e. The number of rotatable bonds is 7. The summed E-state index contributed by atoms with van der Waals surface area (Å²) in [5.41, 5.74) is 1.89. The number of carboxylic acid groups (broad SMARTS) is 2. The minimum atomic E-state index is -1.30. The lowest BCUT2D eigenvalue weighted by atomic mass is 9.88. The van der Waals surface area contributed by atoms with Crippen LogP contribution in [0.25, 0.3) is 44.5 Å². The number of nitrogens with zero attached hydrogens (tertiary/aromatic N) is 2. The molecule has 0 spiro atoms. The lowest BCUT2D eigenvalue weighted by Gasteiger charge is -2.25. The van der Waals surface area contributed by atoms with Crippen LogP contribution in [0.2, 0.25) is 10.0 Å². The van der Waals surface area contributed by atoms with Crippen molar-refractivity contribution in [3.8, 4) is 45.1 Å². The Morgan fingerprint density at radius 3 is 2.15 bits per heavy atom. The average molecular weight is 581 g/mol. The molecule has 10 nitrogen and oxygen atoms in total. The number of benzene rings is 3. The SMILES string of the molecule is O=C(O)CN(CC(=O)O)c1cc(-c2ccncc2)c(-c2c3cc(Cl)c(=O)cc-3oc3cc(O)c(Cl)cc23)cc1O. The molecule has 0 saturated heterocycles. The van der Waals surface area contributed by atoms with Crippen LogP contribution in [0.5, 0.6) is 11.5 Å². The quantitative estimate of drug-likeness (QED) is 0.185. The van der Waals surface area contributed by atoms with Gasteiger partial charge in [0, 0.05) is 41.0 Å². The summed E-state index contributed by atoms with van der Waals surface area (Å²) < 4.78 is 5.92. The molecule has 12 heteroatoms. The molecular formula is C28H18Cl2N2O8. The number of carboxylic acids is 2. The maximum absolute atomic E-state index is 12.4. The van der Waals surface area contributed by atoms with Gasteiger partial charge in [0.2, 0.25) is 5.43 Å². The maximum Gasteiger partial charge on any atom is 0.323 e. The van der Waals surface area contributed by atoms with Crippen molar-refractivity contribution >= 4 is 51.8 Å². The van der Waals surface area contributed by atoms with Crippen molar-refractivity contribution in [2.75, 3.05) is 18.0 Å². The van der Waals surface area contributed by atoms with Gasteiger partial charge >= 0.3 is 11.9 Å². The minimum absolute atomic E-state index is 0.00948. The fourth-order valence-electron chi connectivity index (χ4n) is 4.55. The molecule has 2 aromatic carbocycles. The predicted octanol–water partition coefficient (Wildman–Crippen LogP) is 5.32. The van der Waals surface area contributed by atoms with Crippen LogP contribution in [-0.2, 0) is 9.59 Å². The Hall–Kier alpha value is -4.80. The monoisotopic (exact) mass is 580 g/mol. The molecule has 5 rings (SSSR count). The van der Waals surface area contributed by atoms with E-state index in [-0.39, 0.29) is 32.8 Å². The number of aliphatic carboxylic acids is 2. The van der Waals surface area contributed by atoms with Gasteiger partial charge in [-0.3, -0.25) is 19.4 Å². The summed E-state index contributed by atoms with van der Waals surface area (Å²) in [6.45, 7) is -1.39. The van der Waals surface area contributed by atoms with Crippen molar-refractivity contribution < 1.29 is 34.4 Å². The lowest BCUT2D eigenvalue weighted by Crippen LogP contribution is -2.34. The summed E-state index contributed by atoms with van der Waals surface area (Å²) in [6, 6.07) is 11.6. The maximum atomic E-state index is 12.4. The normalized spacial score (nSPS) is 11.2. The first-order valence-electron chi connectivity index (χ1n) is 11.6. The summed E-state index contributed by atoms with van der Waals surface area (Å²) in [5, 5.41) is 40.5. The van der Waals surface area contributed by atoms with Crippen LogP contribution in [0, 0.1) is 0 Å². The highest BCUT2D eigenvalue weighted by Crippen LogP contribution is 2.48. The fourth-order valence-corrected chi connectivity index (χ4v) is 4.88. The molecule has 202 valence electrons. The fraction of sp³-hybridized carbons (Fsp3) is 0.0714. The standard InChI is InChI=1S/C28H18Cl2N2O8/c29-18-5-16-24(9-21(18)33)40-25-10-22(34)19(30)6-17(25)28(16)15-8-23(35)20(32(11-26(36)37)12-27(38)39)7-14(15)13-1-3-31-4-2-13/h1-10,33,35H,11-12H2,(H,36,37)(H,38,39). The molecule has 1 aliphatic carbocycles. The van der Waals surface area contributed by atoms with Gasteiger partial charge in [-0.05, 0) is 53.1 Å². The van der Waals surface area contributed by atoms with Gasteiger partial charge in [0.25, 0.3) is 0 Å². The van der Waals surface area contributed by atoms with Gasteiger partial charge in [0.15, 0.2) is 0 Å². The Morgan fingerprint density at radius 1 is 0.825 bits per heavy atom. The topological polar surface area (TPSA) is 161 Å². The number of pyridine rings is 1. The van der Waals surface area contributed by atoms with Gasteiger partial charge in [-0.1, -0.05) is 23.2 Å². The van der Waals surface area contributed by atoms with E-state index in [1.807, 2.05) is 0 Å². The first kappa shape index (κ1) is 26.8. The van der Waals surface area contributed by atoms with Crippen LogP contribution in [0.1, 0.15) is 0 Å². The highest BCUT2D eigenvalue weighted by molar-refractivity contribution is 6.33. The van der Waals surface area contributed by atoms with Crippen molar-refractivity contribution in [1.82, 2.24) is 4.98 Å². The number of hydrogen-bond acceptors (Lipinski definition) is 8. The molecule has 1 aromatic heterocycles. The van der Waals surface area contributed by atoms with Crippen molar-refractivity contribution in [1.29, 1.82) is 0 Å². The lowest BCUT2D eigenvalue weighted by molar-refractivity contribution is -0.136. The van der Waals surface area contributed by atoms with E-state index >= 15 is 0 Å². The Bertz CT molecular complexity index is 1820. The summed E-state index contributed by atoms with van der Waals surface area (Å²) in [4.78, 5) is 40.5. The number of aromatic hydroxyl groups is 2. The molecule has 2 aliphatic rings. The Kier molecular flexibility index (Phi) is 6.97. The second-order valence-electron chi connectivity index (χ2n) is 8.82. The van der Waals surface area contributed by atoms with Gasteiger partial charge in [0.1, 0.15) is 35.9 Å². The molecule has 3 aromatic rings. The summed E-state index contributed by atoms with van der Waals surface area (Å²) in [7, 11) is 0. The van der Waals surface area contributed by atoms with Gasteiger partial charge in [0.05, 0.1) is 15.7 Å². The van der Waals surface area contributed by atoms with Crippen LogP contribution in [0.3, 0.4) is 0 Å². The molecule has 0 saturated carbocycles. The molecule has 1 aliphatic heterocycles. The van der Waals surface area contributed by atoms with Crippen molar-refractivity contribution in [2.24, 2.45) is 0 Å². The van der Waals surface area contributed by atoms with Crippen LogP contribution in [0.15, 0.2) is 70.1 Å². The Morgan fingerprint density at radius 2 is 1.50 bits per heavy atom. The number of aromatic nitrogens is 1. The molecule has 40 heavy (non-hydrogen) atoms. The van der Waals surface area contributed by atoms with Crippen molar-refractivity contribution in [3.05, 3.63) is 81.2 Å². The third-order valence-electron chi connectivity index (χ3n) is 6.21. The molecule has 4 N–H and O–H groups in total. The van der Waals surface area contributed by atoms with Crippen LogP contribution >= 0.6 is 23.2 Å². The highest BCUT2D eigenvalue weighted by atomic mass is 35.5. The Balaban J connectivity index is 1.92. The second-order valence-corrected chi connectivity index (χ2v) is 9.64. The molecular weight excluding hydrogens is 563 g/mol. The summed E-state index contributed by atoms with van der Waals surface area (Å²) in [5.74, 6) is -3.12. The predicted molar refractivity (Wildman–Crippen MR) is 149 cm³/mol. The zero-order chi connectivity index (χ0) is 28.7. The first-order valence-corrected chi connectivity index (χ1v) is 12.3. The number of phenolic OH excluding ortho intramolecular Hbond substituents is 2. The van der Waals surface area contributed by atoms with Crippen LogP contribution in [0.4, 0.5) is 5.69 Å². The summed E-state index contributed by atoms with van der Waals surface area (Å²) >= 11 is 12.5. The van der Waals surface area contributed by atoms with Gasteiger partial charge in [-0.2, -0.15) is 0 Å². The van der Waals surface area contributed by atoms with Crippen molar-refractivity contribution in [3.63, 3.8) is 0 Å². The molecule has 0 amide bonds. The number of carbonyl (C=O) groups is 2. The van der Waals surface area contributed by atoms with Crippen molar-refractivity contribution in [2.45, 2.75) is 0 Å². The second kappa shape index (κ2) is 10.4. The van der Waals surface area contributed by atoms with E-state index in [0.29, 0.717) is 33.2 Å². The number of halogens is 2. The Labute approximate surface area is 235 Å². The number of fused-ring (bicyclic) bond motifs is 2. The van der Waals surface area contributed by atoms with Gasteiger partial charge in [-0.15, -0.1) is 0 Å². The molecule has 2 heterocycles. The van der Waals surface area contributed by atoms with Gasteiger partial charge in [-0.25, -0.2) is 0 Å². The molecule has 0 atom stereocenters. The van der Waals surface area contributed by atoms with E-state index in [4.69, 9.17) is 27.6 Å². The highest BCUT2D eigenvalue weighted by Gasteiger charge is 2.26. The third kappa shape index (κ3) is 4.97. The number of hydrogen-bond donors (Lipinski definition) is 4. The third-order valence-corrected chi connectivity index (χ3v) is 6.81. The molecule has 0 bridgehead atoms. The zero-order valence-corrected chi connectivity index (χ0v) is 21.8. The minimum Gasteiger partial charge on any atom is -0.506 e. The average Bonchev–Trinajstić information content (AvgIpc) is 2.89. The van der Waals surface area contributed by atoms with Crippen LogP contribution < -0.4 is 10.3 Å². The van der Waals surface area contributed by atoms with Gasteiger partial charge < -0.3 is 29.7 Å². The van der Waals surface area contributed by atoms with E-state index in [0.717, 1.165) is 4.90 Å². The zero-order valence-electron chi connectivity index (χ0n) is 20.3. The van der Waals surface area contributed by atoms with Crippen LogP contribution in [-0.4, -0.2) is 50.4 Å². The van der Waals surface area contributed by atoms with E-state index < -0.39 is 36.2 Å². The molecule has 0 unspecified atom stereocenters. The largest absolute Gasteiger partial charge is 0.506 e. The summed E-state index contributed by atoms with van der Waals surface area (Å²) in [6.07, 6.45) is 3.06. The first-order chi connectivity index (χ1) is 19.0. The molecule has 0 radical (unpaired) electrons.